The molecule has 4 heteroatoms. The maximum absolute atomic E-state index is 13.1. The predicted molar refractivity (Wildman–Crippen MR) is 73.4 cm³/mol. The molecule has 1 atom stereocenters. The Hall–Kier alpha value is -2.20. The van der Waals surface area contributed by atoms with E-state index in [4.69, 9.17) is 5.73 Å². The third-order valence-electron chi connectivity index (χ3n) is 2.79. The van der Waals surface area contributed by atoms with Crippen molar-refractivity contribution in [2.24, 2.45) is 5.73 Å². The van der Waals surface area contributed by atoms with Gasteiger partial charge >= 0.3 is 0 Å². The van der Waals surface area contributed by atoms with E-state index in [0.29, 0.717) is 5.69 Å². The summed E-state index contributed by atoms with van der Waals surface area (Å²) >= 11 is 0. The van der Waals surface area contributed by atoms with Gasteiger partial charge in [-0.1, -0.05) is 24.3 Å². The van der Waals surface area contributed by atoms with E-state index in [1.807, 2.05) is 25.1 Å². The van der Waals surface area contributed by atoms with Crippen LogP contribution in [0.1, 0.15) is 28.9 Å². The fourth-order valence-electron chi connectivity index (χ4n) is 1.83. The van der Waals surface area contributed by atoms with Crippen LogP contribution in [0.4, 0.5) is 10.1 Å². The number of benzene rings is 2. The van der Waals surface area contributed by atoms with Gasteiger partial charge in [0.25, 0.3) is 5.91 Å². The summed E-state index contributed by atoms with van der Waals surface area (Å²) in [5.74, 6) is -0.791. The Morgan fingerprint density at radius 3 is 2.63 bits per heavy atom. The third-order valence-corrected chi connectivity index (χ3v) is 2.79. The lowest BCUT2D eigenvalue weighted by atomic mass is 10.1. The van der Waals surface area contributed by atoms with E-state index < -0.39 is 5.82 Å². The summed E-state index contributed by atoms with van der Waals surface area (Å²) in [6.07, 6.45) is 0. The van der Waals surface area contributed by atoms with Gasteiger partial charge in [-0.15, -0.1) is 0 Å². The third kappa shape index (κ3) is 3.17. The van der Waals surface area contributed by atoms with Crippen LogP contribution in [-0.2, 0) is 0 Å². The van der Waals surface area contributed by atoms with E-state index in [0.717, 1.165) is 5.56 Å². The smallest absolute Gasteiger partial charge is 0.255 e. The van der Waals surface area contributed by atoms with Gasteiger partial charge in [0.1, 0.15) is 5.82 Å². The number of halogens is 1. The first kappa shape index (κ1) is 13.2. The van der Waals surface area contributed by atoms with E-state index in [-0.39, 0.29) is 17.5 Å². The topological polar surface area (TPSA) is 55.1 Å². The fourth-order valence-corrected chi connectivity index (χ4v) is 1.83. The number of para-hydroxylation sites is 1. The molecule has 2 aromatic carbocycles. The average Bonchev–Trinajstić information content (AvgIpc) is 2.39. The van der Waals surface area contributed by atoms with Crippen LogP contribution >= 0.6 is 0 Å². The minimum atomic E-state index is -0.437. The van der Waals surface area contributed by atoms with Crippen molar-refractivity contribution in [1.29, 1.82) is 0 Å². The molecule has 0 radical (unpaired) electrons. The maximum atomic E-state index is 13.1. The van der Waals surface area contributed by atoms with E-state index in [2.05, 4.69) is 5.32 Å². The van der Waals surface area contributed by atoms with Crippen LogP contribution in [-0.4, -0.2) is 5.91 Å². The summed E-state index contributed by atoms with van der Waals surface area (Å²) in [4.78, 5) is 12.0. The molecule has 2 aromatic rings. The molecule has 3 nitrogen and oxygen atoms in total. The molecule has 0 spiro atoms. The Morgan fingerprint density at radius 1 is 1.21 bits per heavy atom. The SMILES string of the molecule is CC(N)c1ccccc1NC(=O)c1cccc(F)c1. The second-order valence-corrected chi connectivity index (χ2v) is 4.34. The second kappa shape index (κ2) is 5.63. The normalized spacial score (nSPS) is 11.9. The molecule has 0 aliphatic rings. The number of nitrogens with one attached hydrogen (secondary N) is 1. The highest BCUT2D eigenvalue weighted by molar-refractivity contribution is 6.04. The van der Waals surface area contributed by atoms with Gasteiger partial charge in [-0.05, 0) is 36.8 Å². The fraction of sp³-hybridized carbons (Fsp3) is 0.133. The van der Waals surface area contributed by atoms with Gasteiger partial charge in [0.05, 0.1) is 0 Å². The number of carbonyl (C=O) groups is 1. The van der Waals surface area contributed by atoms with Crippen LogP contribution in [0.15, 0.2) is 48.5 Å². The maximum Gasteiger partial charge on any atom is 0.255 e. The standard InChI is InChI=1S/C15H15FN2O/c1-10(17)13-7-2-3-8-14(13)18-15(19)11-5-4-6-12(16)9-11/h2-10H,17H2,1H3,(H,18,19). The van der Waals surface area contributed by atoms with Crippen LogP contribution < -0.4 is 11.1 Å². The average molecular weight is 258 g/mol. The van der Waals surface area contributed by atoms with E-state index in [1.54, 1.807) is 12.1 Å². The number of nitrogens with two attached hydrogens (primary N) is 1. The molecule has 0 saturated heterocycles. The molecule has 1 unspecified atom stereocenters. The van der Waals surface area contributed by atoms with Crippen molar-refractivity contribution in [2.75, 3.05) is 5.32 Å². The van der Waals surface area contributed by atoms with Crippen molar-refractivity contribution < 1.29 is 9.18 Å². The number of carbonyl (C=O) groups excluding carboxylic acids is 1. The zero-order valence-corrected chi connectivity index (χ0v) is 10.6. The molecule has 0 fully saturated rings. The summed E-state index contributed by atoms with van der Waals surface area (Å²) < 4.78 is 13.1. The van der Waals surface area contributed by atoms with Crippen molar-refractivity contribution in [3.8, 4) is 0 Å². The van der Waals surface area contributed by atoms with Gasteiger partial charge in [-0.3, -0.25) is 4.79 Å². The van der Waals surface area contributed by atoms with E-state index in [9.17, 15) is 9.18 Å². The molecule has 3 N–H and O–H groups in total. The highest BCUT2D eigenvalue weighted by atomic mass is 19.1. The minimum Gasteiger partial charge on any atom is -0.324 e. The highest BCUT2D eigenvalue weighted by Gasteiger charge is 2.11. The summed E-state index contributed by atoms with van der Waals surface area (Å²) in [6.45, 7) is 1.84. The first-order chi connectivity index (χ1) is 9.08. The van der Waals surface area contributed by atoms with Gasteiger partial charge in [-0.2, -0.15) is 0 Å². The van der Waals surface area contributed by atoms with Crippen molar-refractivity contribution in [3.05, 3.63) is 65.5 Å². The molecule has 19 heavy (non-hydrogen) atoms. The van der Waals surface area contributed by atoms with Gasteiger partial charge in [-0.25, -0.2) is 4.39 Å². The monoisotopic (exact) mass is 258 g/mol. The van der Waals surface area contributed by atoms with Gasteiger partial charge in [0.2, 0.25) is 0 Å². The molecular formula is C15H15FN2O. The van der Waals surface area contributed by atoms with E-state index in [1.165, 1.54) is 18.2 Å². The van der Waals surface area contributed by atoms with Crippen molar-refractivity contribution in [3.63, 3.8) is 0 Å². The summed E-state index contributed by atoms with van der Waals surface area (Å²) in [5.41, 5.74) is 7.60. The predicted octanol–water partition coefficient (Wildman–Crippen LogP) is 3.10. The summed E-state index contributed by atoms with van der Waals surface area (Å²) in [7, 11) is 0. The zero-order valence-electron chi connectivity index (χ0n) is 10.6. The number of amides is 1. The Labute approximate surface area is 111 Å². The van der Waals surface area contributed by atoms with Gasteiger partial charge in [0.15, 0.2) is 0 Å². The minimum absolute atomic E-state index is 0.191. The van der Waals surface area contributed by atoms with Crippen LogP contribution in [0.5, 0.6) is 0 Å². The lowest BCUT2D eigenvalue weighted by molar-refractivity contribution is 0.102. The first-order valence-electron chi connectivity index (χ1n) is 5.99. The quantitative estimate of drug-likeness (QED) is 0.888. The van der Waals surface area contributed by atoms with Crippen LogP contribution in [0.25, 0.3) is 0 Å². The lowest BCUT2D eigenvalue weighted by Crippen LogP contribution is -2.16. The van der Waals surface area contributed by atoms with Crippen molar-refractivity contribution in [1.82, 2.24) is 0 Å². The second-order valence-electron chi connectivity index (χ2n) is 4.34. The van der Waals surface area contributed by atoms with Crippen molar-refractivity contribution >= 4 is 11.6 Å². The summed E-state index contributed by atoms with van der Waals surface area (Å²) in [6, 6.07) is 12.7. The Bertz CT molecular complexity index is 596. The Kier molecular flexibility index (Phi) is 3.92. The van der Waals surface area contributed by atoms with Crippen LogP contribution in [0.2, 0.25) is 0 Å². The highest BCUT2D eigenvalue weighted by Crippen LogP contribution is 2.21. The number of hydrogen-bond donors (Lipinski definition) is 2. The Morgan fingerprint density at radius 2 is 1.95 bits per heavy atom. The zero-order chi connectivity index (χ0) is 13.8. The molecule has 0 aliphatic heterocycles. The molecule has 0 aromatic heterocycles. The van der Waals surface area contributed by atoms with Crippen LogP contribution in [0, 0.1) is 5.82 Å². The number of rotatable bonds is 3. The number of hydrogen-bond acceptors (Lipinski definition) is 2. The molecular weight excluding hydrogens is 243 g/mol. The molecule has 0 saturated carbocycles. The molecule has 98 valence electrons. The van der Waals surface area contributed by atoms with Crippen molar-refractivity contribution in [2.45, 2.75) is 13.0 Å². The van der Waals surface area contributed by atoms with Crippen LogP contribution in [0.3, 0.4) is 0 Å². The number of anilines is 1. The van der Waals surface area contributed by atoms with E-state index >= 15 is 0 Å². The first-order valence-corrected chi connectivity index (χ1v) is 5.99. The molecule has 1 amide bonds. The molecule has 0 aliphatic carbocycles. The Balaban J connectivity index is 2.24. The molecule has 0 bridgehead atoms. The van der Waals surface area contributed by atoms with Gasteiger partial charge < -0.3 is 11.1 Å². The summed E-state index contributed by atoms with van der Waals surface area (Å²) in [5, 5.41) is 2.75. The molecule has 2 rings (SSSR count). The van der Waals surface area contributed by atoms with Gasteiger partial charge in [0, 0.05) is 17.3 Å². The lowest BCUT2D eigenvalue weighted by Gasteiger charge is -2.13. The molecule has 0 heterocycles. The largest absolute Gasteiger partial charge is 0.324 e.